The average Bonchev–Trinajstić information content (AvgIpc) is 2.69. The van der Waals surface area contributed by atoms with E-state index >= 15 is 0 Å². The molecule has 0 amide bonds. The normalized spacial score (nSPS) is 27.4. The van der Waals surface area contributed by atoms with E-state index in [1.165, 1.54) is 0 Å². The summed E-state index contributed by atoms with van der Waals surface area (Å²) in [4.78, 5) is 4.18. The van der Waals surface area contributed by atoms with Gasteiger partial charge in [-0.2, -0.15) is 18.2 Å². The molecular weight excluding hydrogens is 185 g/mol. The Kier molecular flexibility index (Phi) is 4.02. The predicted octanol–water partition coefficient (Wildman–Crippen LogP) is -1.02. The van der Waals surface area contributed by atoms with Gasteiger partial charge in [0, 0.05) is 5.38 Å². The largest absolute Gasteiger partial charge is 1.00 e. The van der Waals surface area contributed by atoms with Crippen LogP contribution < -0.4 is 51.4 Å². The van der Waals surface area contributed by atoms with E-state index in [0.717, 1.165) is 12.1 Å². The number of hydrogen-bond donors (Lipinski definition) is 0. The molecule has 1 nitrogen and oxygen atoms in total. The van der Waals surface area contributed by atoms with E-state index in [9.17, 15) is 0 Å². The van der Waals surface area contributed by atoms with Gasteiger partial charge in [0.1, 0.15) is 0 Å². The Balaban J connectivity index is 0.000000605. The number of aromatic nitrogens is 1. The maximum Gasteiger partial charge on any atom is 1.00 e. The Morgan fingerprint density at radius 3 is 2.82 bits per heavy atom. The van der Waals surface area contributed by atoms with Crippen molar-refractivity contribution >= 4 is 11.6 Å². The quantitative estimate of drug-likeness (QED) is 0.315. The number of alkyl halides is 1. The average molecular weight is 192 g/mol. The topological polar surface area (TPSA) is 12.9 Å². The molecule has 1 aliphatic carbocycles. The number of halogens is 1. The van der Waals surface area contributed by atoms with Crippen molar-refractivity contribution in [3.8, 4) is 0 Å². The van der Waals surface area contributed by atoms with Gasteiger partial charge in [-0.3, -0.25) is 0 Å². The summed E-state index contributed by atoms with van der Waals surface area (Å²) in [5.74, 6) is 0.499. The summed E-state index contributed by atoms with van der Waals surface area (Å²) in [6, 6.07) is 6.69. The summed E-state index contributed by atoms with van der Waals surface area (Å²) >= 11 is 5.83. The molecule has 3 heteroatoms. The molecule has 1 aromatic rings. The van der Waals surface area contributed by atoms with Gasteiger partial charge in [0.2, 0.25) is 0 Å². The molecule has 2 rings (SSSR count). The zero-order valence-corrected chi connectivity index (χ0v) is 10.3. The molecule has 1 heterocycles. The second-order valence-corrected chi connectivity index (χ2v) is 3.10. The van der Waals surface area contributed by atoms with Gasteiger partial charge < -0.3 is 4.98 Å². The van der Waals surface area contributed by atoms with E-state index in [2.05, 4.69) is 11.1 Å². The van der Waals surface area contributed by atoms with E-state index in [1.54, 1.807) is 12.3 Å². The zero-order valence-electron chi connectivity index (χ0n) is 6.42. The van der Waals surface area contributed by atoms with E-state index in [1.807, 2.05) is 6.07 Å². The third kappa shape index (κ3) is 2.51. The Morgan fingerprint density at radius 2 is 2.36 bits per heavy atom. The van der Waals surface area contributed by atoms with Crippen molar-refractivity contribution in [2.45, 2.75) is 17.7 Å². The van der Waals surface area contributed by atoms with Gasteiger partial charge in [0.05, 0.1) is 0 Å². The first-order chi connectivity index (χ1) is 4.88. The van der Waals surface area contributed by atoms with Crippen molar-refractivity contribution in [3.63, 3.8) is 0 Å². The molecule has 2 unspecified atom stereocenters. The van der Waals surface area contributed by atoms with Gasteiger partial charge in [-0.05, 0) is 12.3 Å². The third-order valence-corrected chi connectivity index (χ3v) is 2.20. The van der Waals surface area contributed by atoms with Crippen LogP contribution in [0.3, 0.4) is 0 Å². The van der Waals surface area contributed by atoms with Crippen LogP contribution in [0.25, 0.3) is 0 Å². The molecule has 1 aliphatic rings. The minimum Gasteiger partial charge on any atom is -0.387 e. The molecule has 2 atom stereocenters. The van der Waals surface area contributed by atoms with Crippen LogP contribution in [0.2, 0.25) is 0 Å². The molecule has 1 fully saturated rings. The zero-order chi connectivity index (χ0) is 6.97. The van der Waals surface area contributed by atoms with Gasteiger partial charge in [-0.1, -0.05) is 11.9 Å². The summed E-state index contributed by atoms with van der Waals surface area (Å²) < 4.78 is 0. The maximum absolute atomic E-state index is 5.83. The van der Waals surface area contributed by atoms with Crippen LogP contribution >= 0.6 is 11.6 Å². The van der Waals surface area contributed by atoms with Gasteiger partial charge in [0.15, 0.2) is 0 Å². The van der Waals surface area contributed by atoms with Crippen LogP contribution in [0.4, 0.5) is 0 Å². The number of hydrogen-bond acceptors (Lipinski definition) is 1. The second-order valence-electron chi connectivity index (χ2n) is 2.54. The summed E-state index contributed by atoms with van der Waals surface area (Å²) in [6.07, 6.45) is 2.84. The van der Waals surface area contributed by atoms with Gasteiger partial charge in [0.25, 0.3) is 0 Å². The van der Waals surface area contributed by atoms with Crippen molar-refractivity contribution in [3.05, 3.63) is 30.1 Å². The SMILES string of the molecule is ClC1CC1c1c[c-]ccn1.[K+]. The Hall–Kier alpha value is 1.08. The molecule has 0 bridgehead atoms. The number of rotatable bonds is 1. The number of pyridine rings is 1. The van der Waals surface area contributed by atoms with E-state index in [-0.39, 0.29) is 51.4 Å². The minimum atomic E-state index is 0. The minimum absolute atomic E-state index is 0. The van der Waals surface area contributed by atoms with Crippen molar-refractivity contribution in [1.29, 1.82) is 0 Å². The molecule has 1 aromatic heterocycles. The molecule has 0 N–H and O–H groups in total. The first-order valence-electron chi connectivity index (χ1n) is 3.34. The molecular formula is C8H7ClKN. The first-order valence-corrected chi connectivity index (χ1v) is 3.77. The summed E-state index contributed by atoms with van der Waals surface area (Å²) in [5.41, 5.74) is 1.09. The number of nitrogens with zero attached hydrogens (tertiary/aromatic N) is 1. The van der Waals surface area contributed by atoms with Crippen molar-refractivity contribution in [2.75, 3.05) is 0 Å². The fourth-order valence-electron chi connectivity index (χ4n) is 1.01. The Morgan fingerprint density at radius 1 is 1.64 bits per heavy atom. The molecule has 11 heavy (non-hydrogen) atoms. The van der Waals surface area contributed by atoms with Crippen LogP contribution in [0.15, 0.2) is 18.3 Å². The monoisotopic (exact) mass is 191 g/mol. The molecule has 0 saturated heterocycles. The van der Waals surface area contributed by atoms with Crippen molar-refractivity contribution in [2.24, 2.45) is 0 Å². The van der Waals surface area contributed by atoms with Crippen molar-refractivity contribution < 1.29 is 51.4 Å². The smallest absolute Gasteiger partial charge is 0.387 e. The van der Waals surface area contributed by atoms with Crippen LogP contribution in [-0.4, -0.2) is 10.4 Å². The van der Waals surface area contributed by atoms with Crippen LogP contribution in [0.5, 0.6) is 0 Å². The van der Waals surface area contributed by atoms with Crippen LogP contribution in [0.1, 0.15) is 18.0 Å². The van der Waals surface area contributed by atoms with E-state index in [4.69, 9.17) is 11.6 Å². The molecule has 1 saturated carbocycles. The van der Waals surface area contributed by atoms with E-state index < -0.39 is 0 Å². The molecule has 0 aromatic carbocycles. The third-order valence-electron chi connectivity index (χ3n) is 1.72. The Bertz CT molecular complexity index is 227. The maximum atomic E-state index is 5.83. The fraction of sp³-hybridized carbons (Fsp3) is 0.375. The second kappa shape index (κ2) is 4.35. The van der Waals surface area contributed by atoms with Gasteiger partial charge in [-0.15, -0.1) is 11.6 Å². The van der Waals surface area contributed by atoms with Crippen LogP contribution in [-0.2, 0) is 0 Å². The molecule has 0 aliphatic heterocycles. The summed E-state index contributed by atoms with van der Waals surface area (Å²) in [6.45, 7) is 0. The standard InChI is InChI=1S/C8H7ClN.K/c9-7-5-6(7)8-3-1-2-4-10-8;/h2-4,6-7H,5H2;/q-1;+1. The molecule has 0 radical (unpaired) electrons. The van der Waals surface area contributed by atoms with E-state index in [0.29, 0.717) is 11.3 Å². The Labute approximate surface area is 114 Å². The summed E-state index contributed by atoms with van der Waals surface area (Å²) in [5, 5.41) is 0.322. The fourth-order valence-corrected chi connectivity index (χ4v) is 1.33. The predicted molar refractivity (Wildman–Crippen MR) is 40.1 cm³/mol. The molecule has 0 spiro atoms. The summed E-state index contributed by atoms with van der Waals surface area (Å²) in [7, 11) is 0. The van der Waals surface area contributed by atoms with Crippen molar-refractivity contribution in [1.82, 2.24) is 4.98 Å². The first kappa shape index (κ1) is 10.2. The van der Waals surface area contributed by atoms with Crippen LogP contribution in [0, 0.1) is 6.07 Å². The molecule has 52 valence electrons. The van der Waals surface area contributed by atoms with Gasteiger partial charge in [-0.25, -0.2) is 0 Å². The van der Waals surface area contributed by atoms with Gasteiger partial charge >= 0.3 is 51.4 Å².